The number of pyridine rings is 1. The van der Waals surface area contributed by atoms with Crippen LogP contribution in [0.2, 0.25) is 0 Å². The van der Waals surface area contributed by atoms with Gasteiger partial charge in [-0.1, -0.05) is 0 Å². The van der Waals surface area contributed by atoms with Gasteiger partial charge in [-0.2, -0.15) is 0 Å². The molecule has 1 unspecified atom stereocenters. The number of rotatable bonds is 5. The van der Waals surface area contributed by atoms with E-state index in [2.05, 4.69) is 27.1 Å². The second-order valence-corrected chi connectivity index (χ2v) is 5.32. The minimum absolute atomic E-state index is 0.277. The molecule has 0 aromatic carbocycles. The molecular formula is C14H23FN4. The standard InChI is InChI=1S/C14H23FN4/c1-16-8-11-7-12(15)9-17-14(11)19(3)10-13-5-4-6-18(13)2/h7,9,13,16H,4-6,8,10H2,1-3H3. The Bertz CT molecular complexity index is 424. The van der Waals surface area contributed by atoms with E-state index >= 15 is 0 Å². The highest BCUT2D eigenvalue weighted by Crippen LogP contribution is 2.21. The first-order valence-electron chi connectivity index (χ1n) is 6.82. The molecule has 1 N–H and O–H groups in total. The second-order valence-electron chi connectivity index (χ2n) is 5.32. The summed E-state index contributed by atoms with van der Waals surface area (Å²) in [5.41, 5.74) is 0.908. The number of halogens is 1. The fraction of sp³-hybridized carbons (Fsp3) is 0.643. The molecule has 1 aromatic heterocycles. The van der Waals surface area contributed by atoms with Crippen LogP contribution in [-0.2, 0) is 6.54 Å². The minimum atomic E-state index is -0.277. The Hall–Kier alpha value is -1.20. The van der Waals surface area contributed by atoms with Crippen molar-refractivity contribution in [2.24, 2.45) is 0 Å². The number of hydrogen-bond acceptors (Lipinski definition) is 4. The van der Waals surface area contributed by atoms with Gasteiger partial charge in [0.05, 0.1) is 6.20 Å². The average Bonchev–Trinajstić information content (AvgIpc) is 2.75. The Labute approximate surface area is 114 Å². The third-order valence-electron chi connectivity index (χ3n) is 3.79. The van der Waals surface area contributed by atoms with Crippen molar-refractivity contribution in [2.75, 3.05) is 39.1 Å². The molecule has 1 atom stereocenters. The van der Waals surface area contributed by atoms with E-state index in [-0.39, 0.29) is 5.82 Å². The minimum Gasteiger partial charge on any atom is -0.358 e. The van der Waals surface area contributed by atoms with E-state index in [1.165, 1.54) is 25.6 Å². The van der Waals surface area contributed by atoms with Gasteiger partial charge < -0.3 is 15.1 Å². The van der Waals surface area contributed by atoms with E-state index in [4.69, 9.17) is 0 Å². The molecule has 0 amide bonds. The summed E-state index contributed by atoms with van der Waals surface area (Å²) in [5.74, 6) is 0.594. The molecule has 19 heavy (non-hydrogen) atoms. The van der Waals surface area contributed by atoms with Crippen molar-refractivity contribution in [3.63, 3.8) is 0 Å². The van der Waals surface area contributed by atoms with E-state index in [1.807, 2.05) is 14.1 Å². The molecule has 106 valence electrons. The smallest absolute Gasteiger partial charge is 0.141 e. The van der Waals surface area contributed by atoms with Crippen molar-refractivity contribution in [1.82, 2.24) is 15.2 Å². The lowest BCUT2D eigenvalue weighted by atomic mass is 10.2. The molecule has 1 saturated heterocycles. The summed E-state index contributed by atoms with van der Waals surface area (Å²) in [6.45, 7) is 2.73. The van der Waals surface area contributed by atoms with E-state index in [0.717, 1.165) is 17.9 Å². The topological polar surface area (TPSA) is 31.4 Å². The molecule has 1 fully saturated rings. The Balaban J connectivity index is 2.11. The van der Waals surface area contributed by atoms with Crippen molar-refractivity contribution >= 4 is 5.82 Å². The van der Waals surface area contributed by atoms with Crippen molar-refractivity contribution in [3.05, 3.63) is 23.6 Å². The van der Waals surface area contributed by atoms with Crippen molar-refractivity contribution in [3.8, 4) is 0 Å². The van der Waals surface area contributed by atoms with Crippen LogP contribution in [0.4, 0.5) is 10.2 Å². The van der Waals surface area contributed by atoms with Crippen molar-refractivity contribution < 1.29 is 4.39 Å². The summed E-state index contributed by atoms with van der Waals surface area (Å²) < 4.78 is 13.3. The normalized spacial score (nSPS) is 19.9. The summed E-state index contributed by atoms with van der Waals surface area (Å²) in [6, 6.07) is 2.13. The molecule has 0 bridgehead atoms. The number of anilines is 1. The maximum atomic E-state index is 13.3. The zero-order valence-corrected chi connectivity index (χ0v) is 12.0. The fourth-order valence-corrected chi connectivity index (χ4v) is 2.75. The highest BCUT2D eigenvalue weighted by atomic mass is 19.1. The van der Waals surface area contributed by atoms with Gasteiger partial charge >= 0.3 is 0 Å². The molecule has 2 rings (SSSR count). The predicted octanol–water partition coefficient (Wildman–Crippen LogP) is 1.47. The van der Waals surface area contributed by atoms with E-state index in [9.17, 15) is 4.39 Å². The molecule has 0 aliphatic carbocycles. The molecular weight excluding hydrogens is 243 g/mol. The molecule has 2 heterocycles. The average molecular weight is 266 g/mol. The molecule has 0 spiro atoms. The number of likely N-dealkylation sites (tertiary alicyclic amines) is 1. The van der Waals surface area contributed by atoms with Crippen LogP contribution in [0.3, 0.4) is 0 Å². The maximum absolute atomic E-state index is 13.3. The fourth-order valence-electron chi connectivity index (χ4n) is 2.75. The van der Waals surface area contributed by atoms with Crippen LogP contribution < -0.4 is 10.2 Å². The highest BCUT2D eigenvalue weighted by Gasteiger charge is 2.23. The van der Waals surface area contributed by atoms with Crippen LogP contribution in [0.1, 0.15) is 18.4 Å². The molecule has 0 radical (unpaired) electrons. The number of nitrogens with one attached hydrogen (secondary N) is 1. The Kier molecular flexibility index (Phi) is 4.71. The van der Waals surface area contributed by atoms with E-state index in [0.29, 0.717) is 12.6 Å². The first-order chi connectivity index (χ1) is 9.11. The second kappa shape index (κ2) is 6.30. The zero-order valence-electron chi connectivity index (χ0n) is 12.0. The third kappa shape index (κ3) is 3.42. The summed E-state index contributed by atoms with van der Waals surface area (Å²) in [5, 5.41) is 3.07. The first kappa shape index (κ1) is 14.2. The molecule has 4 nitrogen and oxygen atoms in total. The number of aromatic nitrogens is 1. The number of nitrogens with zero attached hydrogens (tertiary/aromatic N) is 3. The van der Waals surface area contributed by atoms with Gasteiger partial charge in [0.25, 0.3) is 0 Å². The molecule has 1 aromatic rings. The Morgan fingerprint density at radius 2 is 2.37 bits per heavy atom. The number of likely N-dealkylation sites (N-methyl/N-ethyl adjacent to an activating group) is 2. The van der Waals surface area contributed by atoms with Gasteiger partial charge in [0.15, 0.2) is 0 Å². The summed E-state index contributed by atoms with van der Waals surface area (Å²) >= 11 is 0. The van der Waals surface area contributed by atoms with Crippen LogP contribution in [0.5, 0.6) is 0 Å². The summed E-state index contributed by atoms with van der Waals surface area (Å²) in [7, 11) is 6.06. The van der Waals surface area contributed by atoms with Gasteiger partial charge in [0.1, 0.15) is 11.6 Å². The molecule has 5 heteroatoms. The first-order valence-corrected chi connectivity index (χ1v) is 6.82. The SMILES string of the molecule is CNCc1cc(F)cnc1N(C)CC1CCCN1C. The van der Waals surface area contributed by atoms with Gasteiger partial charge in [-0.05, 0) is 39.5 Å². The van der Waals surface area contributed by atoms with E-state index < -0.39 is 0 Å². The zero-order chi connectivity index (χ0) is 13.8. The van der Waals surface area contributed by atoms with Crippen LogP contribution in [0.15, 0.2) is 12.3 Å². The highest BCUT2D eigenvalue weighted by molar-refractivity contribution is 5.46. The van der Waals surface area contributed by atoms with Crippen LogP contribution in [-0.4, -0.2) is 50.2 Å². The lowest BCUT2D eigenvalue weighted by Gasteiger charge is -2.28. The Morgan fingerprint density at radius 1 is 1.58 bits per heavy atom. The lowest BCUT2D eigenvalue weighted by Crippen LogP contribution is -2.37. The predicted molar refractivity (Wildman–Crippen MR) is 75.9 cm³/mol. The van der Waals surface area contributed by atoms with Gasteiger partial charge in [0.2, 0.25) is 0 Å². The summed E-state index contributed by atoms with van der Waals surface area (Å²) in [4.78, 5) is 8.78. The van der Waals surface area contributed by atoms with Gasteiger partial charge in [-0.25, -0.2) is 9.37 Å². The largest absolute Gasteiger partial charge is 0.358 e. The monoisotopic (exact) mass is 266 g/mol. The summed E-state index contributed by atoms with van der Waals surface area (Å²) in [6.07, 6.45) is 3.78. The molecule has 0 saturated carbocycles. The van der Waals surface area contributed by atoms with Gasteiger partial charge in [-0.15, -0.1) is 0 Å². The lowest BCUT2D eigenvalue weighted by molar-refractivity contribution is 0.314. The van der Waals surface area contributed by atoms with Gasteiger partial charge in [0, 0.05) is 31.7 Å². The number of hydrogen-bond donors (Lipinski definition) is 1. The quantitative estimate of drug-likeness (QED) is 0.874. The maximum Gasteiger partial charge on any atom is 0.141 e. The third-order valence-corrected chi connectivity index (χ3v) is 3.79. The van der Waals surface area contributed by atoms with Gasteiger partial charge in [-0.3, -0.25) is 0 Å². The van der Waals surface area contributed by atoms with Crippen LogP contribution >= 0.6 is 0 Å². The van der Waals surface area contributed by atoms with Crippen LogP contribution in [0, 0.1) is 5.82 Å². The Morgan fingerprint density at radius 3 is 3.00 bits per heavy atom. The molecule has 1 aliphatic rings. The van der Waals surface area contributed by atoms with Crippen molar-refractivity contribution in [2.45, 2.75) is 25.4 Å². The molecule has 1 aliphatic heterocycles. The van der Waals surface area contributed by atoms with E-state index in [1.54, 1.807) is 6.07 Å². The van der Waals surface area contributed by atoms with Crippen LogP contribution in [0.25, 0.3) is 0 Å². The van der Waals surface area contributed by atoms with Crippen molar-refractivity contribution in [1.29, 1.82) is 0 Å².